The van der Waals surface area contributed by atoms with Gasteiger partial charge < -0.3 is 47.1 Å². The number of H-pyrrole nitrogens is 3. The monoisotopic (exact) mass is 805 g/mol. The second-order valence-electron chi connectivity index (χ2n) is 14.1. The molecule has 3 heterocycles. The Bertz CT molecular complexity index is 2330. The molecule has 3 aromatic carbocycles. The van der Waals surface area contributed by atoms with Gasteiger partial charge in [-0.05, 0) is 47.3 Å². The normalized spacial score (nSPS) is 13.9. The molecule has 302 valence electrons. The zero-order valence-electron chi connectivity index (χ0n) is 31.9. The number of imidazole rings is 1. The predicted molar refractivity (Wildman–Crippen MR) is 223 cm³/mol. The molecule has 15 nitrogen and oxygen atoms in total. The molecule has 58 heavy (non-hydrogen) atoms. The number of nitrogens with zero attached hydrogens (tertiary/aromatic N) is 1. The summed E-state index contributed by atoms with van der Waals surface area (Å²) in [5.74, 6) is -3.29. The third-order valence-corrected chi connectivity index (χ3v) is 10.6. The van der Waals surface area contributed by atoms with Crippen LogP contribution in [0.5, 0.6) is 0 Å². The minimum atomic E-state index is -1.24. The second-order valence-corrected chi connectivity index (χ2v) is 15.1. The molecule has 0 fully saturated rings. The summed E-state index contributed by atoms with van der Waals surface area (Å²) in [5, 5.41) is 22.7. The predicted octanol–water partition coefficient (Wildman–Crippen LogP) is 2.75. The average Bonchev–Trinajstić information content (AvgIpc) is 4.00. The van der Waals surface area contributed by atoms with E-state index in [0.29, 0.717) is 11.4 Å². The first-order valence-electron chi connectivity index (χ1n) is 18.9. The van der Waals surface area contributed by atoms with E-state index in [-0.39, 0.29) is 32.1 Å². The van der Waals surface area contributed by atoms with Gasteiger partial charge in [0.25, 0.3) is 0 Å². The summed E-state index contributed by atoms with van der Waals surface area (Å²) in [5.41, 5.74) is 10.8. The van der Waals surface area contributed by atoms with Crippen molar-refractivity contribution in [2.24, 2.45) is 5.73 Å². The Balaban J connectivity index is 1.30. The van der Waals surface area contributed by atoms with Gasteiger partial charge in [0.2, 0.25) is 23.6 Å². The van der Waals surface area contributed by atoms with Gasteiger partial charge in [0.15, 0.2) is 0 Å². The number of carboxylic acid groups (broad SMARTS) is 1. The van der Waals surface area contributed by atoms with Gasteiger partial charge in [-0.2, -0.15) is 11.8 Å². The van der Waals surface area contributed by atoms with E-state index in [2.05, 4.69) is 41.2 Å². The smallest absolute Gasteiger partial charge is 0.326 e. The molecule has 0 spiro atoms. The largest absolute Gasteiger partial charge is 0.480 e. The highest BCUT2D eigenvalue weighted by Crippen LogP contribution is 2.21. The molecule has 0 saturated carbocycles. The van der Waals surface area contributed by atoms with Gasteiger partial charge >= 0.3 is 5.97 Å². The van der Waals surface area contributed by atoms with Crippen LogP contribution < -0.4 is 27.0 Å². The number of amides is 4. The van der Waals surface area contributed by atoms with Gasteiger partial charge in [0.1, 0.15) is 24.2 Å². The molecule has 16 heteroatoms. The number of thioether (sulfide) groups is 1. The number of rotatable bonds is 20. The van der Waals surface area contributed by atoms with E-state index >= 15 is 0 Å². The van der Waals surface area contributed by atoms with Crippen molar-refractivity contribution in [2.75, 3.05) is 12.0 Å². The number of carboxylic acids is 1. The molecule has 0 aliphatic rings. The molecular formula is C42H47N9O6S. The molecular weight excluding hydrogens is 759 g/mol. The van der Waals surface area contributed by atoms with Crippen LogP contribution in [0.2, 0.25) is 0 Å². The molecule has 10 N–H and O–H groups in total. The lowest BCUT2D eigenvalue weighted by molar-refractivity contribution is -0.142. The third kappa shape index (κ3) is 10.7. The van der Waals surface area contributed by atoms with Crippen LogP contribution in [-0.4, -0.2) is 96.9 Å². The van der Waals surface area contributed by atoms with Crippen molar-refractivity contribution in [3.05, 3.63) is 126 Å². The molecule has 5 atom stereocenters. The summed E-state index contributed by atoms with van der Waals surface area (Å²) in [6, 6.07) is 18.3. The van der Waals surface area contributed by atoms with Crippen molar-refractivity contribution in [2.45, 2.75) is 62.3 Å². The van der Waals surface area contributed by atoms with E-state index in [1.807, 2.05) is 60.9 Å². The van der Waals surface area contributed by atoms with E-state index in [0.717, 1.165) is 38.5 Å². The van der Waals surface area contributed by atoms with E-state index in [1.54, 1.807) is 42.9 Å². The number of aliphatic carboxylic acids is 1. The van der Waals surface area contributed by atoms with Crippen LogP contribution >= 0.6 is 11.8 Å². The molecule has 0 saturated heterocycles. The van der Waals surface area contributed by atoms with Gasteiger partial charge in [-0.3, -0.25) is 19.2 Å². The van der Waals surface area contributed by atoms with Gasteiger partial charge in [0, 0.05) is 71.8 Å². The van der Waals surface area contributed by atoms with E-state index in [4.69, 9.17) is 5.73 Å². The van der Waals surface area contributed by atoms with E-state index < -0.39 is 59.8 Å². The SMILES string of the molecule is CSCC[C@H](NC(=O)[C@H](Cc1ccccc1)NC(=O)[C@@H](Cc1c[nH]c2ccccc12)NC(=O)[C@@H](Cc1c[nH]c2ccccc12)NC(=O)[C@@H](N)Cc1cnc[nH]1)C(=O)O. The highest BCUT2D eigenvalue weighted by atomic mass is 32.2. The zero-order valence-corrected chi connectivity index (χ0v) is 32.7. The molecule has 4 amide bonds. The standard InChI is InChI=1S/C42H47N9O6S/c1-58-16-15-34(42(56)57)48-39(53)35(17-25-9-3-2-4-10-25)50-41(55)37(19-27-22-46-33-14-8-6-12-30(27)33)51-40(54)36(18-26-21-45-32-13-7-5-11-29(26)32)49-38(52)31(43)20-28-23-44-24-47-28/h2-14,21-24,31,34-37,45-46H,15-20,43H2,1H3,(H,44,47)(H,48,53)(H,49,52)(H,50,55)(H,51,54)(H,56,57)/t31-,34-,35-,36+,37+/m0/s1. The van der Waals surface area contributed by atoms with Crippen molar-refractivity contribution >= 4 is 63.2 Å². The van der Waals surface area contributed by atoms with Crippen LogP contribution in [0, 0.1) is 0 Å². The van der Waals surface area contributed by atoms with Crippen LogP contribution in [0.25, 0.3) is 21.8 Å². The Labute approximate surface area is 338 Å². The molecule has 6 aromatic rings. The van der Waals surface area contributed by atoms with Crippen molar-refractivity contribution in [3.63, 3.8) is 0 Å². The number of fused-ring (bicyclic) bond motifs is 2. The lowest BCUT2D eigenvalue weighted by Crippen LogP contribution is -2.59. The fraction of sp³-hybridized carbons (Fsp3) is 0.286. The number of benzene rings is 3. The van der Waals surface area contributed by atoms with Gasteiger partial charge in [-0.1, -0.05) is 66.7 Å². The maximum Gasteiger partial charge on any atom is 0.326 e. The third-order valence-electron chi connectivity index (χ3n) is 9.94. The fourth-order valence-corrected chi connectivity index (χ4v) is 7.30. The fourth-order valence-electron chi connectivity index (χ4n) is 6.83. The number of aromatic nitrogens is 4. The highest BCUT2D eigenvalue weighted by molar-refractivity contribution is 7.98. The number of aromatic amines is 3. The Morgan fingerprint density at radius 2 is 1.16 bits per heavy atom. The van der Waals surface area contributed by atoms with Crippen molar-refractivity contribution in [3.8, 4) is 0 Å². The summed E-state index contributed by atoms with van der Waals surface area (Å²) in [7, 11) is 0. The van der Waals surface area contributed by atoms with Gasteiger partial charge in [-0.15, -0.1) is 0 Å². The molecule has 0 aliphatic heterocycles. The minimum absolute atomic E-state index is 0.0137. The molecule has 3 aromatic heterocycles. The first kappa shape index (κ1) is 41.2. The molecule has 0 unspecified atom stereocenters. The lowest BCUT2D eigenvalue weighted by Gasteiger charge is -2.26. The van der Waals surface area contributed by atoms with Gasteiger partial charge in [0.05, 0.1) is 12.4 Å². The van der Waals surface area contributed by atoms with E-state index in [1.165, 1.54) is 18.1 Å². The summed E-state index contributed by atoms with van der Waals surface area (Å²) < 4.78 is 0. The number of hydrogen-bond donors (Lipinski definition) is 9. The number of hydrogen-bond acceptors (Lipinski definition) is 8. The maximum absolute atomic E-state index is 14.5. The number of nitrogens with two attached hydrogens (primary N) is 1. The van der Waals surface area contributed by atoms with Crippen molar-refractivity contribution in [1.29, 1.82) is 0 Å². The van der Waals surface area contributed by atoms with Crippen LogP contribution in [0.4, 0.5) is 0 Å². The topological polar surface area (TPSA) is 240 Å². The molecule has 0 aliphatic carbocycles. The molecule has 0 radical (unpaired) electrons. The number of para-hydroxylation sites is 2. The first-order valence-corrected chi connectivity index (χ1v) is 20.3. The zero-order chi connectivity index (χ0) is 41.0. The minimum Gasteiger partial charge on any atom is -0.480 e. The first-order chi connectivity index (χ1) is 28.1. The van der Waals surface area contributed by atoms with Crippen molar-refractivity contribution < 1.29 is 29.1 Å². The van der Waals surface area contributed by atoms with Crippen LogP contribution in [0.1, 0.15) is 28.8 Å². The summed E-state index contributed by atoms with van der Waals surface area (Å²) in [4.78, 5) is 81.8. The number of carbonyl (C=O) groups is 5. The van der Waals surface area contributed by atoms with Crippen molar-refractivity contribution in [1.82, 2.24) is 41.2 Å². The second kappa shape index (κ2) is 19.7. The summed E-state index contributed by atoms with van der Waals surface area (Å²) >= 11 is 1.45. The van der Waals surface area contributed by atoms with E-state index in [9.17, 15) is 29.1 Å². The van der Waals surface area contributed by atoms with Crippen LogP contribution in [0.15, 0.2) is 104 Å². The average molecular weight is 806 g/mol. The summed E-state index contributed by atoms with van der Waals surface area (Å²) in [6.07, 6.45) is 8.87. The lowest BCUT2D eigenvalue weighted by atomic mass is 10.00. The quantitative estimate of drug-likeness (QED) is 0.0551. The summed E-state index contributed by atoms with van der Waals surface area (Å²) in [6.45, 7) is 0. The number of nitrogens with one attached hydrogen (secondary N) is 7. The van der Waals surface area contributed by atoms with Gasteiger partial charge in [-0.25, -0.2) is 9.78 Å². The Kier molecular flexibility index (Phi) is 14.0. The molecule has 6 rings (SSSR count). The Morgan fingerprint density at radius 1 is 0.655 bits per heavy atom. The number of carbonyl (C=O) groups excluding carboxylic acids is 4. The Hall–Kier alpha value is -6.39. The van der Waals surface area contributed by atoms with Crippen LogP contribution in [-0.2, 0) is 49.7 Å². The maximum atomic E-state index is 14.5. The molecule has 0 bridgehead atoms. The highest BCUT2D eigenvalue weighted by Gasteiger charge is 2.33. The van der Waals surface area contributed by atoms with Crippen LogP contribution in [0.3, 0.4) is 0 Å². The Morgan fingerprint density at radius 3 is 1.67 bits per heavy atom.